The van der Waals surface area contributed by atoms with Crippen molar-refractivity contribution in [2.75, 3.05) is 32.0 Å². The van der Waals surface area contributed by atoms with Gasteiger partial charge < -0.3 is 26.3 Å². The number of sulfonamides is 1. The molecule has 9 nitrogen and oxygen atoms in total. The minimum atomic E-state index is -3.82. The van der Waals surface area contributed by atoms with Crippen LogP contribution >= 0.6 is 0 Å². The number of benzene rings is 2. The van der Waals surface area contributed by atoms with E-state index in [-0.39, 0.29) is 30.0 Å². The number of nitrogens with two attached hydrogens (primary N) is 2. The second-order valence-corrected chi connectivity index (χ2v) is 11.2. The highest BCUT2D eigenvalue weighted by molar-refractivity contribution is 7.89. The maximum atomic E-state index is 13.5. The largest absolute Gasteiger partial charge is 0.444 e. The van der Waals surface area contributed by atoms with Gasteiger partial charge in [0.2, 0.25) is 10.0 Å². The number of hydrogen-bond donors (Lipinski definition) is 3. The van der Waals surface area contributed by atoms with Gasteiger partial charge in [-0.1, -0.05) is 44.2 Å². The number of hydrogen-bond acceptors (Lipinski definition) is 7. The topological polar surface area (TPSA) is 137 Å². The molecule has 10 heteroatoms. The quantitative estimate of drug-likeness (QED) is 0.400. The van der Waals surface area contributed by atoms with E-state index in [9.17, 15) is 13.2 Å². The summed E-state index contributed by atoms with van der Waals surface area (Å²) >= 11 is 0. The van der Waals surface area contributed by atoms with Crippen molar-refractivity contribution < 1.29 is 22.7 Å². The summed E-state index contributed by atoms with van der Waals surface area (Å²) in [6.07, 6.45) is 0.182. The molecule has 192 valence electrons. The zero-order chi connectivity index (χ0) is 25.4. The summed E-state index contributed by atoms with van der Waals surface area (Å²) in [6.45, 7) is 5.11. The van der Waals surface area contributed by atoms with Crippen LogP contribution in [-0.4, -0.2) is 63.3 Å². The number of nitrogens with one attached hydrogen (secondary N) is 1. The number of carbonyl (C=O) groups excluding carboxylic acids is 1. The van der Waals surface area contributed by atoms with Crippen molar-refractivity contribution in [2.45, 2.75) is 49.8 Å². The molecule has 0 unspecified atom stereocenters. The minimum Gasteiger partial charge on any atom is -0.444 e. The number of rotatable bonds is 11. The fourth-order valence-electron chi connectivity index (χ4n) is 3.95. The number of anilines is 1. The van der Waals surface area contributed by atoms with E-state index in [0.29, 0.717) is 31.7 Å². The van der Waals surface area contributed by atoms with Crippen molar-refractivity contribution >= 4 is 21.8 Å². The third-order valence-electron chi connectivity index (χ3n) is 5.78. The van der Waals surface area contributed by atoms with Crippen LogP contribution in [-0.2, 0) is 25.9 Å². The van der Waals surface area contributed by atoms with Crippen LogP contribution in [0.15, 0.2) is 59.5 Å². The molecule has 0 aromatic heterocycles. The molecule has 2 aromatic carbocycles. The summed E-state index contributed by atoms with van der Waals surface area (Å²) in [5.41, 5.74) is 13.8. The number of ether oxygens (including phenoxy) is 2. The van der Waals surface area contributed by atoms with Crippen LogP contribution in [0.25, 0.3) is 0 Å². The Hall–Kier alpha value is -2.66. The number of alkyl carbamates (subject to hydrolysis) is 1. The van der Waals surface area contributed by atoms with Gasteiger partial charge in [-0.15, -0.1) is 0 Å². The van der Waals surface area contributed by atoms with E-state index in [0.717, 1.165) is 5.56 Å². The van der Waals surface area contributed by atoms with Crippen molar-refractivity contribution in [3.63, 3.8) is 0 Å². The standard InChI is InChI=1S/C25H36N4O5S/c1-18(2)15-29(35(31,32)22-10-8-20(26)9-11-22)16-23(27)24(14-19-6-4-3-5-7-19)28-25(30)34-21-12-13-33-17-21/h3-11,18,21,23-24H,12-17,26-27H2,1-2H3,(H,28,30)/t21-,23+,24-/m0/s1. The van der Waals surface area contributed by atoms with Gasteiger partial charge in [0, 0.05) is 31.2 Å². The monoisotopic (exact) mass is 504 g/mol. The van der Waals surface area contributed by atoms with Crippen molar-refractivity contribution in [1.29, 1.82) is 0 Å². The lowest BCUT2D eigenvalue weighted by atomic mass is 9.99. The molecule has 1 heterocycles. The molecule has 0 aliphatic carbocycles. The third kappa shape index (κ3) is 7.93. The summed E-state index contributed by atoms with van der Waals surface area (Å²) in [5, 5.41) is 2.87. The molecular weight excluding hydrogens is 468 g/mol. The average molecular weight is 505 g/mol. The van der Waals surface area contributed by atoms with Gasteiger partial charge in [0.25, 0.3) is 0 Å². The normalized spacial score (nSPS) is 17.9. The van der Waals surface area contributed by atoms with Crippen LogP contribution in [0.1, 0.15) is 25.8 Å². The molecule has 0 radical (unpaired) electrons. The van der Waals surface area contributed by atoms with Crippen LogP contribution in [0.4, 0.5) is 10.5 Å². The van der Waals surface area contributed by atoms with Crippen molar-refractivity contribution in [1.82, 2.24) is 9.62 Å². The second-order valence-electron chi connectivity index (χ2n) is 9.28. The first-order chi connectivity index (χ1) is 16.6. The fraction of sp³-hybridized carbons (Fsp3) is 0.480. The van der Waals surface area contributed by atoms with Gasteiger partial charge in [0.05, 0.1) is 24.2 Å². The molecule has 2 aromatic rings. The van der Waals surface area contributed by atoms with Gasteiger partial charge in [0.15, 0.2) is 0 Å². The summed E-state index contributed by atoms with van der Waals surface area (Å²) in [6, 6.07) is 14.5. The Bertz CT molecular complexity index is 1040. The Morgan fingerprint density at radius 2 is 1.83 bits per heavy atom. The van der Waals surface area contributed by atoms with Gasteiger partial charge in [-0.05, 0) is 42.2 Å². The molecule has 1 aliphatic heterocycles. The highest BCUT2D eigenvalue weighted by Crippen LogP contribution is 2.20. The van der Waals surface area contributed by atoms with E-state index in [2.05, 4.69) is 5.32 Å². The third-order valence-corrected chi connectivity index (χ3v) is 7.63. The maximum Gasteiger partial charge on any atom is 0.407 e. The number of amides is 1. The predicted octanol–water partition coefficient (Wildman–Crippen LogP) is 2.37. The first-order valence-corrected chi connectivity index (χ1v) is 13.3. The lowest BCUT2D eigenvalue weighted by molar-refractivity contribution is 0.0797. The summed E-state index contributed by atoms with van der Waals surface area (Å²) in [5.74, 6) is 0.0682. The van der Waals surface area contributed by atoms with Gasteiger partial charge in [0.1, 0.15) is 6.10 Å². The molecule has 35 heavy (non-hydrogen) atoms. The number of carbonyl (C=O) groups is 1. The Balaban J connectivity index is 1.80. The highest BCUT2D eigenvalue weighted by atomic mass is 32.2. The molecule has 5 N–H and O–H groups in total. The van der Waals surface area contributed by atoms with Crippen LogP contribution in [0.3, 0.4) is 0 Å². The molecular formula is C25H36N4O5S. The zero-order valence-electron chi connectivity index (χ0n) is 20.3. The first kappa shape index (κ1) is 26.9. The highest BCUT2D eigenvalue weighted by Gasteiger charge is 2.31. The number of nitrogen functional groups attached to an aromatic ring is 1. The SMILES string of the molecule is CC(C)CN(C[C@@H](N)[C@H](Cc1ccccc1)NC(=O)O[C@H]1CCOC1)S(=O)(=O)c1ccc(N)cc1. The Kier molecular flexibility index (Phi) is 9.50. The summed E-state index contributed by atoms with van der Waals surface area (Å²) < 4.78 is 39.0. The van der Waals surface area contributed by atoms with E-state index in [4.69, 9.17) is 20.9 Å². The Morgan fingerprint density at radius 3 is 2.43 bits per heavy atom. The fourth-order valence-corrected chi connectivity index (χ4v) is 5.59. The molecule has 0 spiro atoms. The van der Waals surface area contributed by atoms with E-state index in [1.807, 2.05) is 44.2 Å². The average Bonchev–Trinajstić information content (AvgIpc) is 3.31. The van der Waals surface area contributed by atoms with E-state index >= 15 is 0 Å². The first-order valence-electron chi connectivity index (χ1n) is 11.8. The molecule has 1 aliphatic rings. The van der Waals surface area contributed by atoms with E-state index < -0.39 is 28.2 Å². The Morgan fingerprint density at radius 1 is 1.14 bits per heavy atom. The van der Waals surface area contributed by atoms with Crippen LogP contribution < -0.4 is 16.8 Å². The van der Waals surface area contributed by atoms with Crippen molar-refractivity contribution in [3.05, 3.63) is 60.2 Å². The van der Waals surface area contributed by atoms with Gasteiger partial charge in [-0.25, -0.2) is 13.2 Å². The van der Waals surface area contributed by atoms with Gasteiger partial charge >= 0.3 is 6.09 Å². The molecule has 1 fully saturated rings. The maximum absolute atomic E-state index is 13.5. The predicted molar refractivity (Wildman–Crippen MR) is 135 cm³/mol. The van der Waals surface area contributed by atoms with Crippen LogP contribution in [0.2, 0.25) is 0 Å². The lowest BCUT2D eigenvalue weighted by Crippen LogP contribution is -2.55. The number of nitrogens with zero attached hydrogens (tertiary/aromatic N) is 1. The molecule has 3 atom stereocenters. The second kappa shape index (κ2) is 12.3. The smallest absolute Gasteiger partial charge is 0.407 e. The molecule has 0 saturated carbocycles. The molecule has 1 amide bonds. The van der Waals surface area contributed by atoms with Gasteiger partial charge in [-0.2, -0.15) is 4.31 Å². The van der Waals surface area contributed by atoms with E-state index in [1.165, 1.54) is 16.4 Å². The van der Waals surface area contributed by atoms with Crippen molar-refractivity contribution in [3.8, 4) is 0 Å². The Labute approximate surface area is 207 Å². The lowest BCUT2D eigenvalue weighted by Gasteiger charge is -2.31. The summed E-state index contributed by atoms with van der Waals surface area (Å²) in [4.78, 5) is 12.8. The molecule has 0 bridgehead atoms. The van der Waals surface area contributed by atoms with Crippen molar-refractivity contribution in [2.24, 2.45) is 11.7 Å². The molecule has 3 rings (SSSR count). The minimum absolute atomic E-state index is 0.0230. The van der Waals surface area contributed by atoms with Gasteiger partial charge in [-0.3, -0.25) is 0 Å². The zero-order valence-corrected chi connectivity index (χ0v) is 21.1. The summed E-state index contributed by atoms with van der Waals surface area (Å²) in [7, 11) is -3.82. The van der Waals surface area contributed by atoms with Crippen LogP contribution in [0.5, 0.6) is 0 Å². The van der Waals surface area contributed by atoms with Crippen LogP contribution in [0, 0.1) is 5.92 Å². The van der Waals surface area contributed by atoms with E-state index in [1.54, 1.807) is 12.1 Å². The molecule has 1 saturated heterocycles.